The Morgan fingerprint density at radius 1 is 1.13 bits per heavy atom. The summed E-state index contributed by atoms with van der Waals surface area (Å²) in [6, 6.07) is 6.59. The Labute approximate surface area is 176 Å². The minimum atomic E-state index is -0.707. The molecule has 0 unspecified atom stereocenters. The van der Waals surface area contributed by atoms with Gasteiger partial charge < -0.3 is 25.0 Å². The van der Waals surface area contributed by atoms with Crippen LogP contribution < -0.4 is 15.5 Å². The third kappa shape index (κ3) is 7.82. The fourth-order valence-corrected chi connectivity index (χ4v) is 2.84. The summed E-state index contributed by atoms with van der Waals surface area (Å²) in [5, 5.41) is 5.07. The van der Waals surface area contributed by atoms with Gasteiger partial charge in [-0.25, -0.2) is 0 Å². The number of benzene rings is 1. The number of amides is 3. The zero-order valence-corrected chi connectivity index (χ0v) is 17.4. The molecule has 1 aliphatic rings. The van der Waals surface area contributed by atoms with E-state index in [-0.39, 0.29) is 18.6 Å². The quantitative estimate of drug-likeness (QED) is 0.409. The van der Waals surface area contributed by atoms with Gasteiger partial charge in [-0.05, 0) is 51.0 Å². The molecular formula is C21H29N3O6. The first-order chi connectivity index (χ1) is 14.4. The van der Waals surface area contributed by atoms with Crippen molar-refractivity contribution in [2.45, 2.75) is 39.2 Å². The van der Waals surface area contributed by atoms with Gasteiger partial charge in [0.15, 0.2) is 6.61 Å². The van der Waals surface area contributed by atoms with Crippen molar-refractivity contribution in [3.8, 4) is 0 Å². The molecule has 0 radical (unpaired) electrons. The van der Waals surface area contributed by atoms with Gasteiger partial charge in [0.05, 0.1) is 6.10 Å². The molecule has 0 spiro atoms. The van der Waals surface area contributed by atoms with E-state index in [1.54, 1.807) is 29.2 Å². The number of ether oxygens (including phenoxy) is 2. The summed E-state index contributed by atoms with van der Waals surface area (Å²) < 4.78 is 10.2. The van der Waals surface area contributed by atoms with Crippen LogP contribution in [0.5, 0.6) is 0 Å². The van der Waals surface area contributed by atoms with E-state index in [9.17, 15) is 19.2 Å². The molecule has 0 aromatic heterocycles. The van der Waals surface area contributed by atoms with E-state index in [0.29, 0.717) is 38.1 Å². The molecule has 2 rings (SSSR count). The van der Waals surface area contributed by atoms with E-state index in [0.717, 1.165) is 12.1 Å². The van der Waals surface area contributed by atoms with Crippen LogP contribution in [0.4, 0.5) is 5.69 Å². The van der Waals surface area contributed by atoms with Gasteiger partial charge in [-0.2, -0.15) is 0 Å². The first-order valence-corrected chi connectivity index (χ1v) is 10.1. The molecule has 0 saturated carbocycles. The standard InChI is InChI=1S/C21H29N3O6/c1-15(2)29-12-4-10-22-18(25)14-30-20(27)13-23-21(28)16-6-8-17(9-7-16)24-11-3-5-19(24)26/h6-9,15H,3-5,10-14H2,1-2H3,(H,22,25)(H,23,28). The number of hydrogen-bond acceptors (Lipinski definition) is 6. The molecule has 1 heterocycles. The Balaban J connectivity index is 1.63. The van der Waals surface area contributed by atoms with E-state index in [4.69, 9.17) is 9.47 Å². The fraction of sp³-hybridized carbons (Fsp3) is 0.524. The van der Waals surface area contributed by atoms with Crippen molar-refractivity contribution >= 4 is 29.4 Å². The number of nitrogens with one attached hydrogen (secondary N) is 2. The Kier molecular flexibility index (Phi) is 9.27. The molecular weight excluding hydrogens is 390 g/mol. The zero-order chi connectivity index (χ0) is 21.9. The highest BCUT2D eigenvalue weighted by Gasteiger charge is 2.21. The highest BCUT2D eigenvalue weighted by Crippen LogP contribution is 2.21. The summed E-state index contributed by atoms with van der Waals surface area (Å²) in [6.45, 7) is 4.76. The monoisotopic (exact) mass is 419 g/mol. The Bertz CT molecular complexity index is 748. The molecule has 0 atom stereocenters. The molecule has 1 saturated heterocycles. The number of carbonyl (C=O) groups is 4. The van der Waals surface area contributed by atoms with Crippen LogP contribution in [0.2, 0.25) is 0 Å². The van der Waals surface area contributed by atoms with E-state index < -0.39 is 24.4 Å². The van der Waals surface area contributed by atoms with Crippen LogP contribution in [0.1, 0.15) is 43.5 Å². The molecule has 3 amide bonds. The van der Waals surface area contributed by atoms with Crippen molar-refractivity contribution in [3.05, 3.63) is 29.8 Å². The highest BCUT2D eigenvalue weighted by molar-refractivity contribution is 5.98. The van der Waals surface area contributed by atoms with Crippen LogP contribution >= 0.6 is 0 Å². The van der Waals surface area contributed by atoms with E-state index >= 15 is 0 Å². The van der Waals surface area contributed by atoms with Gasteiger partial charge in [0.1, 0.15) is 6.54 Å². The summed E-state index contributed by atoms with van der Waals surface area (Å²) >= 11 is 0. The number of nitrogens with zero attached hydrogens (tertiary/aromatic N) is 1. The second kappa shape index (κ2) is 11.9. The third-order valence-electron chi connectivity index (χ3n) is 4.37. The maximum absolute atomic E-state index is 12.1. The topological polar surface area (TPSA) is 114 Å². The van der Waals surface area contributed by atoms with Crippen LogP contribution in [0.3, 0.4) is 0 Å². The maximum atomic E-state index is 12.1. The van der Waals surface area contributed by atoms with Gasteiger partial charge in [0.25, 0.3) is 11.8 Å². The minimum absolute atomic E-state index is 0.0721. The second-order valence-electron chi connectivity index (χ2n) is 7.16. The lowest BCUT2D eigenvalue weighted by atomic mass is 10.2. The normalized spacial score (nSPS) is 13.4. The minimum Gasteiger partial charge on any atom is -0.454 e. The summed E-state index contributed by atoms with van der Waals surface area (Å²) in [5.74, 6) is -1.49. The predicted molar refractivity (Wildman–Crippen MR) is 110 cm³/mol. The number of esters is 1. The Morgan fingerprint density at radius 3 is 2.50 bits per heavy atom. The van der Waals surface area contributed by atoms with E-state index in [2.05, 4.69) is 10.6 Å². The highest BCUT2D eigenvalue weighted by atomic mass is 16.5. The fourth-order valence-electron chi connectivity index (χ4n) is 2.84. The van der Waals surface area contributed by atoms with Crippen molar-refractivity contribution in [3.63, 3.8) is 0 Å². The largest absolute Gasteiger partial charge is 0.454 e. The molecule has 9 heteroatoms. The SMILES string of the molecule is CC(C)OCCCNC(=O)COC(=O)CNC(=O)c1ccc(N2CCCC2=O)cc1. The molecule has 1 fully saturated rings. The first kappa shape index (κ1) is 23.3. The molecule has 30 heavy (non-hydrogen) atoms. The van der Waals surface area contributed by atoms with Crippen molar-refractivity contribution in [1.82, 2.24) is 10.6 Å². The molecule has 1 aromatic rings. The zero-order valence-electron chi connectivity index (χ0n) is 17.4. The smallest absolute Gasteiger partial charge is 0.325 e. The third-order valence-corrected chi connectivity index (χ3v) is 4.37. The van der Waals surface area contributed by atoms with E-state index in [1.807, 2.05) is 13.8 Å². The average molecular weight is 419 g/mol. The van der Waals surface area contributed by atoms with Crippen LogP contribution in [0, 0.1) is 0 Å². The van der Waals surface area contributed by atoms with Gasteiger partial charge in [-0.3, -0.25) is 19.2 Å². The van der Waals surface area contributed by atoms with Gasteiger partial charge in [-0.15, -0.1) is 0 Å². The van der Waals surface area contributed by atoms with Crippen molar-refractivity contribution < 1.29 is 28.7 Å². The predicted octanol–water partition coefficient (Wildman–Crippen LogP) is 1.02. The molecule has 164 valence electrons. The lowest BCUT2D eigenvalue weighted by molar-refractivity contribution is -0.147. The molecule has 9 nitrogen and oxygen atoms in total. The lowest BCUT2D eigenvalue weighted by Crippen LogP contribution is -2.34. The first-order valence-electron chi connectivity index (χ1n) is 10.1. The van der Waals surface area contributed by atoms with Crippen molar-refractivity contribution in [1.29, 1.82) is 0 Å². The second-order valence-corrected chi connectivity index (χ2v) is 7.16. The van der Waals surface area contributed by atoms with Gasteiger partial charge >= 0.3 is 5.97 Å². The van der Waals surface area contributed by atoms with E-state index in [1.165, 1.54) is 0 Å². The molecule has 1 aliphatic heterocycles. The lowest BCUT2D eigenvalue weighted by Gasteiger charge is -2.15. The summed E-state index contributed by atoms with van der Waals surface area (Å²) in [7, 11) is 0. The summed E-state index contributed by atoms with van der Waals surface area (Å²) in [5.41, 5.74) is 1.11. The van der Waals surface area contributed by atoms with Gasteiger partial charge in [-0.1, -0.05) is 0 Å². The Morgan fingerprint density at radius 2 is 1.87 bits per heavy atom. The molecule has 2 N–H and O–H groups in total. The molecule has 0 bridgehead atoms. The molecule has 0 aliphatic carbocycles. The number of rotatable bonds is 11. The molecule has 1 aromatic carbocycles. The number of carbonyl (C=O) groups excluding carboxylic acids is 4. The number of anilines is 1. The van der Waals surface area contributed by atoms with Gasteiger partial charge in [0.2, 0.25) is 5.91 Å². The van der Waals surface area contributed by atoms with Crippen LogP contribution in [0.25, 0.3) is 0 Å². The van der Waals surface area contributed by atoms with Crippen molar-refractivity contribution in [2.75, 3.05) is 37.7 Å². The Hall–Kier alpha value is -2.94. The van der Waals surface area contributed by atoms with Gasteiger partial charge in [0, 0.05) is 37.4 Å². The van der Waals surface area contributed by atoms with Crippen LogP contribution in [0.15, 0.2) is 24.3 Å². The summed E-state index contributed by atoms with van der Waals surface area (Å²) in [4.78, 5) is 48.9. The van der Waals surface area contributed by atoms with Crippen molar-refractivity contribution in [2.24, 2.45) is 0 Å². The van der Waals surface area contributed by atoms with Crippen LogP contribution in [-0.2, 0) is 23.9 Å². The van der Waals surface area contributed by atoms with Crippen LogP contribution in [-0.4, -0.2) is 62.6 Å². The maximum Gasteiger partial charge on any atom is 0.325 e. The average Bonchev–Trinajstić information content (AvgIpc) is 3.16. The summed E-state index contributed by atoms with van der Waals surface area (Å²) in [6.07, 6.45) is 2.17. The number of hydrogen-bond donors (Lipinski definition) is 2.